The Hall–Kier alpha value is -0.170. The van der Waals surface area contributed by atoms with Gasteiger partial charge in [-0.25, -0.2) is 12.8 Å². The van der Waals surface area contributed by atoms with Crippen molar-refractivity contribution in [2.24, 2.45) is 5.92 Å². The van der Waals surface area contributed by atoms with Crippen molar-refractivity contribution >= 4 is 37.6 Å². The summed E-state index contributed by atoms with van der Waals surface area (Å²) in [5.41, 5.74) is 0.187. The molecule has 0 amide bonds. The van der Waals surface area contributed by atoms with Crippen molar-refractivity contribution in [3.63, 3.8) is 0 Å². The first-order chi connectivity index (χ1) is 9.90. The first-order valence-corrected chi connectivity index (χ1v) is 9.71. The van der Waals surface area contributed by atoms with Crippen LogP contribution in [0.15, 0.2) is 21.5 Å². The Bertz CT molecular complexity index is 620. The summed E-state index contributed by atoms with van der Waals surface area (Å²) in [6.45, 7) is 2.79. The van der Waals surface area contributed by atoms with Crippen LogP contribution >= 0.6 is 27.5 Å². The molecule has 3 nitrogen and oxygen atoms in total. The van der Waals surface area contributed by atoms with E-state index >= 15 is 0 Å². The van der Waals surface area contributed by atoms with E-state index in [9.17, 15) is 12.8 Å². The molecular weight excluding hydrogens is 381 g/mol. The van der Waals surface area contributed by atoms with Gasteiger partial charge in [0.25, 0.3) is 0 Å². The van der Waals surface area contributed by atoms with Gasteiger partial charge < -0.3 is 0 Å². The minimum absolute atomic E-state index is 0.0653. The summed E-state index contributed by atoms with van der Waals surface area (Å²) in [7, 11) is -3.83. The normalized spacial score (nSPS) is 15.7. The average Bonchev–Trinajstić information content (AvgIpc) is 3.24. The summed E-state index contributed by atoms with van der Waals surface area (Å²) < 4.78 is 41.8. The van der Waals surface area contributed by atoms with Gasteiger partial charge in [-0.3, -0.25) is 0 Å². The van der Waals surface area contributed by atoms with Gasteiger partial charge in [0, 0.05) is 23.1 Å². The SMILES string of the molecule is CCCN(CC1CC1)S(=O)(=O)c1cc(Br)cc(CCl)c1F. The number of halogens is 3. The lowest BCUT2D eigenvalue weighted by atomic mass is 10.2. The maximum Gasteiger partial charge on any atom is 0.246 e. The molecule has 1 aliphatic carbocycles. The molecule has 0 atom stereocenters. The second-order valence-electron chi connectivity index (χ2n) is 5.32. The predicted molar refractivity (Wildman–Crippen MR) is 85.4 cm³/mol. The molecule has 0 N–H and O–H groups in total. The van der Waals surface area contributed by atoms with Gasteiger partial charge in [-0.1, -0.05) is 22.9 Å². The highest BCUT2D eigenvalue weighted by Crippen LogP contribution is 2.33. The van der Waals surface area contributed by atoms with Crippen LogP contribution in [-0.4, -0.2) is 25.8 Å². The highest BCUT2D eigenvalue weighted by Gasteiger charge is 2.33. The molecule has 1 fully saturated rings. The standard InChI is InChI=1S/C14H18BrClFNO2S/c1-2-5-18(9-10-3-4-10)21(19,20)13-7-12(15)6-11(8-16)14(13)17/h6-7,10H,2-5,8-9H2,1H3. The monoisotopic (exact) mass is 397 g/mol. The van der Waals surface area contributed by atoms with Crippen LogP contribution in [0.3, 0.4) is 0 Å². The second kappa shape index (κ2) is 6.94. The quantitative estimate of drug-likeness (QED) is 0.647. The minimum atomic E-state index is -3.83. The van der Waals surface area contributed by atoms with Gasteiger partial charge in [0.1, 0.15) is 10.7 Å². The molecule has 1 aromatic rings. The molecular formula is C14H18BrClFNO2S. The molecule has 1 aromatic carbocycles. The summed E-state index contributed by atoms with van der Waals surface area (Å²) in [5.74, 6) is -0.399. The van der Waals surface area contributed by atoms with Gasteiger partial charge in [-0.2, -0.15) is 4.31 Å². The van der Waals surface area contributed by atoms with Crippen molar-refractivity contribution in [3.05, 3.63) is 28.0 Å². The van der Waals surface area contributed by atoms with Crippen LogP contribution in [0.1, 0.15) is 31.7 Å². The molecule has 1 saturated carbocycles. The molecule has 21 heavy (non-hydrogen) atoms. The lowest BCUT2D eigenvalue weighted by molar-refractivity contribution is 0.392. The molecule has 0 aromatic heterocycles. The third-order valence-corrected chi connectivity index (χ3v) is 6.08. The van der Waals surface area contributed by atoms with E-state index in [0.717, 1.165) is 12.8 Å². The first-order valence-electron chi connectivity index (χ1n) is 6.94. The van der Waals surface area contributed by atoms with Gasteiger partial charge in [-0.05, 0) is 37.3 Å². The minimum Gasteiger partial charge on any atom is -0.207 e. The summed E-state index contributed by atoms with van der Waals surface area (Å²) in [5, 5.41) is 0. The fourth-order valence-electron chi connectivity index (χ4n) is 2.19. The zero-order chi connectivity index (χ0) is 15.6. The summed E-state index contributed by atoms with van der Waals surface area (Å²) in [6.07, 6.45) is 2.79. The first kappa shape index (κ1) is 17.2. The molecule has 1 aliphatic rings. The number of alkyl halides is 1. The van der Waals surface area contributed by atoms with Gasteiger partial charge in [0.15, 0.2) is 0 Å². The van der Waals surface area contributed by atoms with Crippen LogP contribution in [0.25, 0.3) is 0 Å². The van der Waals surface area contributed by atoms with E-state index in [2.05, 4.69) is 15.9 Å². The van der Waals surface area contributed by atoms with E-state index in [1.807, 2.05) is 6.92 Å². The molecule has 7 heteroatoms. The Kier molecular flexibility index (Phi) is 5.68. The largest absolute Gasteiger partial charge is 0.246 e. The van der Waals surface area contributed by atoms with Crippen LogP contribution in [0, 0.1) is 11.7 Å². The molecule has 0 heterocycles. The van der Waals surface area contributed by atoms with Crippen LogP contribution in [0.2, 0.25) is 0 Å². The topological polar surface area (TPSA) is 37.4 Å². The third-order valence-electron chi connectivity index (χ3n) is 3.47. The Balaban J connectivity index is 2.43. The van der Waals surface area contributed by atoms with E-state index in [-0.39, 0.29) is 16.3 Å². The molecule has 0 unspecified atom stereocenters. The Morgan fingerprint density at radius 2 is 2.10 bits per heavy atom. The number of hydrogen-bond donors (Lipinski definition) is 0. The van der Waals surface area contributed by atoms with E-state index in [0.29, 0.717) is 29.9 Å². The highest BCUT2D eigenvalue weighted by atomic mass is 79.9. The van der Waals surface area contributed by atoms with Crippen molar-refractivity contribution in [1.82, 2.24) is 4.31 Å². The summed E-state index contributed by atoms with van der Waals surface area (Å²) in [6, 6.07) is 2.82. The van der Waals surface area contributed by atoms with Crippen molar-refractivity contribution in [1.29, 1.82) is 0 Å². The molecule has 0 spiro atoms. The fraction of sp³-hybridized carbons (Fsp3) is 0.571. The van der Waals surface area contributed by atoms with Crippen molar-refractivity contribution in [2.75, 3.05) is 13.1 Å². The fourth-order valence-corrected chi connectivity index (χ4v) is 4.78. The summed E-state index contributed by atoms with van der Waals surface area (Å²) in [4.78, 5) is -0.290. The number of nitrogens with zero attached hydrogens (tertiary/aromatic N) is 1. The van der Waals surface area contributed by atoms with E-state index in [4.69, 9.17) is 11.6 Å². The van der Waals surface area contributed by atoms with Gasteiger partial charge >= 0.3 is 0 Å². The molecule has 2 rings (SSSR count). The molecule has 0 saturated heterocycles. The average molecular weight is 399 g/mol. The smallest absolute Gasteiger partial charge is 0.207 e. The third kappa shape index (κ3) is 3.97. The Labute approximate surface area is 138 Å². The number of rotatable bonds is 7. The van der Waals surface area contributed by atoms with Crippen molar-refractivity contribution in [2.45, 2.75) is 37.0 Å². The summed E-state index contributed by atoms with van der Waals surface area (Å²) >= 11 is 8.92. The molecule has 0 radical (unpaired) electrons. The number of hydrogen-bond acceptors (Lipinski definition) is 2. The maximum absolute atomic E-state index is 14.4. The van der Waals surface area contributed by atoms with Crippen molar-refractivity contribution < 1.29 is 12.8 Å². The van der Waals surface area contributed by atoms with E-state index < -0.39 is 15.8 Å². The lowest BCUT2D eigenvalue weighted by Crippen LogP contribution is -2.34. The van der Waals surface area contributed by atoms with E-state index in [1.165, 1.54) is 16.4 Å². The zero-order valence-corrected chi connectivity index (χ0v) is 14.9. The molecule has 118 valence electrons. The van der Waals surface area contributed by atoms with Crippen LogP contribution in [-0.2, 0) is 15.9 Å². The van der Waals surface area contributed by atoms with Crippen molar-refractivity contribution in [3.8, 4) is 0 Å². The molecule has 0 aliphatic heterocycles. The van der Waals surface area contributed by atoms with Crippen LogP contribution < -0.4 is 0 Å². The highest BCUT2D eigenvalue weighted by molar-refractivity contribution is 9.10. The zero-order valence-electron chi connectivity index (χ0n) is 11.8. The Morgan fingerprint density at radius 3 is 2.62 bits per heavy atom. The second-order valence-corrected chi connectivity index (χ2v) is 8.41. The van der Waals surface area contributed by atoms with Gasteiger partial charge in [-0.15, -0.1) is 11.6 Å². The van der Waals surface area contributed by atoms with Crippen LogP contribution in [0.4, 0.5) is 4.39 Å². The van der Waals surface area contributed by atoms with Gasteiger partial charge in [0.05, 0.1) is 5.88 Å². The number of benzene rings is 1. The van der Waals surface area contributed by atoms with Gasteiger partial charge in [0.2, 0.25) is 10.0 Å². The number of sulfonamides is 1. The van der Waals surface area contributed by atoms with Crippen LogP contribution in [0.5, 0.6) is 0 Å². The maximum atomic E-state index is 14.4. The van der Waals surface area contributed by atoms with E-state index in [1.54, 1.807) is 0 Å². The lowest BCUT2D eigenvalue weighted by Gasteiger charge is -2.22. The predicted octanol–water partition coefficient (Wildman–Crippen LogP) is 4.14. The Morgan fingerprint density at radius 1 is 1.43 bits per heavy atom. The molecule has 0 bridgehead atoms.